The fourth-order valence-electron chi connectivity index (χ4n) is 3.33. The summed E-state index contributed by atoms with van der Waals surface area (Å²) in [6, 6.07) is 11.8. The zero-order valence-corrected chi connectivity index (χ0v) is 14.8. The Morgan fingerprint density at radius 1 is 1.15 bits per heavy atom. The maximum absolute atomic E-state index is 12.3. The van der Waals surface area contributed by atoms with E-state index in [0.29, 0.717) is 6.54 Å². The highest BCUT2D eigenvalue weighted by molar-refractivity contribution is 5.83. The van der Waals surface area contributed by atoms with Crippen molar-refractivity contribution in [1.29, 1.82) is 0 Å². The summed E-state index contributed by atoms with van der Waals surface area (Å²) in [5.74, 6) is 0.823. The average Bonchev–Trinajstić information content (AvgIpc) is 3.13. The molecule has 0 atom stereocenters. The second-order valence-electron chi connectivity index (χ2n) is 6.35. The van der Waals surface area contributed by atoms with E-state index in [1.54, 1.807) is 10.9 Å². The molecule has 4 aromatic rings. The first-order valence-corrected chi connectivity index (χ1v) is 8.65. The topological polar surface area (TPSA) is 73.0 Å². The van der Waals surface area contributed by atoms with Crippen LogP contribution in [0.2, 0.25) is 0 Å². The molecule has 26 heavy (non-hydrogen) atoms. The van der Waals surface area contributed by atoms with Gasteiger partial charge in [-0.2, -0.15) is 5.10 Å². The lowest BCUT2D eigenvalue weighted by Crippen LogP contribution is -2.29. The number of hydrogen-bond donors (Lipinski definition) is 1. The van der Waals surface area contributed by atoms with Crippen LogP contribution < -0.4 is 5.32 Å². The molecule has 1 amide bonds. The van der Waals surface area contributed by atoms with E-state index < -0.39 is 0 Å². The molecule has 6 heteroatoms. The number of nitrogens with one attached hydrogen (secondary N) is 1. The molecule has 3 aromatic heterocycles. The molecule has 0 aliphatic rings. The number of carbonyl (C=O) groups excluding carboxylic acids is 1. The number of benzene rings is 1. The molecule has 0 unspecified atom stereocenters. The summed E-state index contributed by atoms with van der Waals surface area (Å²) in [4.78, 5) is 16.6. The number of fused-ring (bicyclic) bond motifs is 2. The number of pyridine rings is 1. The van der Waals surface area contributed by atoms with Crippen LogP contribution in [0.15, 0.2) is 47.0 Å². The zero-order chi connectivity index (χ0) is 18.1. The van der Waals surface area contributed by atoms with Gasteiger partial charge >= 0.3 is 0 Å². The predicted molar refractivity (Wildman–Crippen MR) is 99.9 cm³/mol. The molecule has 4 rings (SSSR count). The highest BCUT2D eigenvalue weighted by Crippen LogP contribution is 2.25. The Bertz CT molecular complexity index is 1090. The molecule has 0 spiro atoms. The Labute approximate surface area is 150 Å². The first-order valence-electron chi connectivity index (χ1n) is 8.65. The number of amides is 1. The first-order chi connectivity index (χ1) is 12.6. The van der Waals surface area contributed by atoms with E-state index in [0.717, 1.165) is 45.4 Å². The van der Waals surface area contributed by atoms with Crippen LogP contribution in [0, 0.1) is 13.8 Å². The van der Waals surface area contributed by atoms with Gasteiger partial charge in [0.15, 0.2) is 5.65 Å². The van der Waals surface area contributed by atoms with Crippen molar-refractivity contribution in [2.75, 3.05) is 6.54 Å². The van der Waals surface area contributed by atoms with Crippen LogP contribution in [0.5, 0.6) is 0 Å². The van der Waals surface area contributed by atoms with Gasteiger partial charge in [-0.1, -0.05) is 18.2 Å². The number of hydrogen-bond acceptors (Lipinski definition) is 4. The predicted octanol–water partition coefficient (Wildman–Crippen LogP) is 3.15. The van der Waals surface area contributed by atoms with Gasteiger partial charge in [-0.25, -0.2) is 9.67 Å². The van der Waals surface area contributed by atoms with Gasteiger partial charge in [-0.3, -0.25) is 4.79 Å². The molecule has 0 radical (unpaired) electrons. The summed E-state index contributed by atoms with van der Waals surface area (Å²) in [6.45, 7) is 4.59. The van der Waals surface area contributed by atoms with Crippen LogP contribution in [0.25, 0.3) is 22.0 Å². The second-order valence-corrected chi connectivity index (χ2v) is 6.35. The SMILES string of the molecule is Cc1oc2ccccc2c1CCNC(=O)Cn1nc(C)c2cccnc21. The summed E-state index contributed by atoms with van der Waals surface area (Å²) >= 11 is 0. The maximum atomic E-state index is 12.3. The van der Waals surface area contributed by atoms with Crippen molar-refractivity contribution >= 4 is 27.9 Å². The van der Waals surface area contributed by atoms with Crippen molar-refractivity contribution < 1.29 is 9.21 Å². The van der Waals surface area contributed by atoms with Gasteiger partial charge in [0.2, 0.25) is 5.91 Å². The van der Waals surface area contributed by atoms with Crippen molar-refractivity contribution in [3.63, 3.8) is 0 Å². The Balaban J connectivity index is 1.42. The van der Waals surface area contributed by atoms with Gasteiger partial charge in [-0.05, 0) is 38.5 Å². The van der Waals surface area contributed by atoms with Crippen molar-refractivity contribution in [1.82, 2.24) is 20.1 Å². The zero-order valence-electron chi connectivity index (χ0n) is 14.8. The molecule has 132 valence electrons. The van der Waals surface area contributed by atoms with Crippen LogP contribution in [0.4, 0.5) is 0 Å². The van der Waals surface area contributed by atoms with E-state index in [9.17, 15) is 4.79 Å². The molecule has 6 nitrogen and oxygen atoms in total. The summed E-state index contributed by atoms with van der Waals surface area (Å²) in [6.07, 6.45) is 2.44. The second kappa shape index (κ2) is 6.63. The van der Waals surface area contributed by atoms with Crippen LogP contribution >= 0.6 is 0 Å². The third-order valence-corrected chi connectivity index (χ3v) is 4.58. The standard InChI is InChI=1S/C20H20N4O2/c1-13-15-7-5-10-22-20(15)24(23-13)12-19(25)21-11-9-16-14(2)26-18-8-4-3-6-17(16)18/h3-8,10H,9,11-12H2,1-2H3,(H,21,25). The highest BCUT2D eigenvalue weighted by Gasteiger charge is 2.13. The molecule has 0 saturated carbocycles. The molecule has 0 aliphatic heterocycles. The van der Waals surface area contributed by atoms with Crippen LogP contribution in [0.1, 0.15) is 17.0 Å². The molecule has 0 saturated heterocycles. The Kier molecular flexibility index (Phi) is 4.16. The van der Waals surface area contributed by atoms with Crippen LogP contribution in [-0.2, 0) is 17.8 Å². The van der Waals surface area contributed by atoms with Gasteiger partial charge in [0.05, 0.1) is 5.69 Å². The number of nitrogens with zero attached hydrogens (tertiary/aromatic N) is 3. The maximum Gasteiger partial charge on any atom is 0.241 e. The van der Waals surface area contributed by atoms with E-state index in [1.807, 2.05) is 50.2 Å². The fraction of sp³-hybridized carbons (Fsp3) is 0.250. The largest absolute Gasteiger partial charge is 0.461 e. The molecular weight excluding hydrogens is 328 g/mol. The summed E-state index contributed by atoms with van der Waals surface area (Å²) < 4.78 is 7.42. The number of para-hydroxylation sites is 1. The van der Waals surface area contributed by atoms with Gasteiger partial charge in [-0.15, -0.1) is 0 Å². The summed E-state index contributed by atoms with van der Waals surface area (Å²) in [5.41, 5.74) is 3.64. The normalized spacial score (nSPS) is 11.3. The Hall–Kier alpha value is -3.15. The van der Waals surface area contributed by atoms with Crippen molar-refractivity contribution in [2.24, 2.45) is 0 Å². The third kappa shape index (κ3) is 2.94. The third-order valence-electron chi connectivity index (χ3n) is 4.58. The number of rotatable bonds is 5. The number of aromatic nitrogens is 3. The highest BCUT2D eigenvalue weighted by atomic mass is 16.3. The minimum atomic E-state index is -0.0782. The lowest BCUT2D eigenvalue weighted by molar-refractivity contribution is -0.121. The first kappa shape index (κ1) is 16.3. The number of carbonyl (C=O) groups is 1. The molecule has 3 heterocycles. The molecule has 0 fully saturated rings. The molecule has 1 aromatic carbocycles. The lowest BCUT2D eigenvalue weighted by atomic mass is 10.1. The van der Waals surface area contributed by atoms with Gasteiger partial charge < -0.3 is 9.73 Å². The minimum absolute atomic E-state index is 0.0782. The quantitative estimate of drug-likeness (QED) is 0.601. The molecular formula is C20H20N4O2. The molecule has 0 bridgehead atoms. The summed E-state index contributed by atoms with van der Waals surface area (Å²) in [5, 5.41) is 9.47. The van der Waals surface area contributed by atoms with E-state index in [2.05, 4.69) is 15.4 Å². The van der Waals surface area contributed by atoms with Gasteiger partial charge in [0, 0.05) is 29.1 Å². The fourth-order valence-corrected chi connectivity index (χ4v) is 3.33. The van der Waals surface area contributed by atoms with Crippen molar-refractivity contribution in [3.05, 3.63) is 59.6 Å². The molecule has 0 aliphatic carbocycles. The number of furan rings is 1. The van der Waals surface area contributed by atoms with Crippen molar-refractivity contribution in [3.8, 4) is 0 Å². The van der Waals surface area contributed by atoms with Gasteiger partial charge in [0.1, 0.15) is 17.9 Å². The van der Waals surface area contributed by atoms with Crippen LogP contribution in [0.3, 0.4) is 0 Å². The molecule has 1 N–H and O–H groups in total. The van der Waals surface area contributed by atoms with Gasteiger partial charge in [0.25, 0.3) is 0 Å². The monoisotopic (exact) mass is 348 g/mol. The lowest BCUT2D eigenvalue weighted by Gasteiger charge is -2.06. The number of aryl methyl sites for hydroxylation is 2. The van der Waals surface area contributed by atoms with E-state index in [4.69, 9.17) is 4.42 Å². The van der Waals surface area contributed by atoms with E-state index >= 15 is 0 Å². The smallest absolute Gasteiger partial charge is 0.241 e. The van der Waals surface area contributed by atoms with Crippen molar-refractivity contribution in [2.45, 2.75) is 26.8 Å². The Morgan fingerprint density at radius 3 is 2.85 bits per heavy atom. The summed E-state index contributed by atoms with van der Waals surface area (Å²) in [7, 11) is 0. The minimum Gasteiger partial charge on any atom is -0.461 e. The van der Waals surface area contributed by atoms with E-state index in [-0.39, 0.29) is 12.5 Å². The van der Waals surface area contributed by atoms with E-state index in [1.165, 1.54) is 0 Å². The Morgan fingerprint density at radius 2 is 1.96 bits per heavy atom. The van der Waals surface area contributed by atoms with Crippen LogP contribution in [-0.4, -0.2) is 27.2 Å². The average molecular weight is 348 g/mol.